The Bertz CT molecular complexity index is 582. The summed E-state index contributed by atoms with van der Waals surface area (Å²) in [5.74, 6) is 0.425. The van der Waals surface area contributed by atoms with Crippen molar-refractivity contribution in [2.45, 2.75) is 51.0 Å². The number of nitrogens with zero attached hydrogens (tertiary/aromatic N) is 2. The summed E-state index contributed by atoms with van der Waals surface area (Å²) in [6, 6.07) is 4.67. The van der Waals surface area contributed by atoms with Gasteiger partial charge in [-0.15, -0.1) is 11.3 Å². The van der Waals surface area contributed by atoms with E-state index in [1.54, 1.807) is 18.4 Å². The van der Waals surface area contributed by atoms with Gasteiger partial charge in [0.15, 0.2) is 0 Å². The molecule has 0 unspecified atom stereocenters. The molecule has 144 valence electrons. The molecule has 5 nitrogen and oxygen atoms in total. The number of aryl methyl sites for hydroxylation is 1. The van der Waals surface area contributed by atoms with E-state index in [9.17, 15) is 9.59 Å². The summed E-state index contributed by atoms with van der Waals surface area (Å²) in [5, 5.41) is 2.12. The predicted octanol–water partition coefficient (Wildman–Crippen LogP) is 2.95. The standard InChI is InChI=1S/C20H30N2O3S/c1-25-15-19(23)21-12-9-16(10-13-21)20(24)22-11-3-2-5-17(22)7-8-18-6-4-14-26-18/h4,6,14,16-17H,2-3,5,7-13,15H2,1H3/t17-/m0/s1. The maximum Gasteiger partial charge on any atom is 0.248 e. The molecule has 1 aromatic rings. The smallest absolute Gasteiger partial charge is 0.248 e. The fourth-order valence-electron chi connectivity index (χ4n) is 4.18. The van der Waals surface area contributed by atoms with Gasteiger partial charge in [0.05, 0.1) is 0 Å². The molecule has 3 heterocycles. The zero-order valence-corrected chi connectivity index (χ0v) is 16.5. The van der Waals surface area contributed by atoms with E-state index in [-0.39, 0.29) is 18.4 Å². The van der Waals surface area contributed by atoms with Gasteiger partial charge in [0.25, 0.3) is 0 Å². The Morgan fingerprint density at radius 1 is 1.19 bits per heavy atom. The molecule has 0 saturated carbocycles. The summed E-state index contributed by atoms with van der Waals surface area (Å²) in [6.45, 7) is 2.38. The number of hydrogen-bond acceptors (Lipinski definition) is 4. The van der Waals surface area contributed by atoms with Crippen LogP contribution in [0, 0.1) is 5.92 Å². The van der Waals surface area contributed by atoms with Crippen molar-refractivity contribution in [2.75, 3.05) is 33.4 Å². The summed E-state index contributed by atoms with van der Waals surface area (Å²) in [6.07, 6.45) is 7.16. The van der Waals surface area contributed by atoms with Crippen molar-refractivity contribution in [1.82, 2.24) is 9.80 Å². The largest absolute Gasteiger partial charge is 0.375 e. The van der Waals surface area contributed by atoms with Crippen LogP contribution in [0.1, 0.15) is 43.4 Å². The van der Waals surface area contributed by atoms with Gasteiger partial charge < -0.3 is 14.5 Å². The molecule has 0 N–H and O–H groups in total. The zero-order chi connectivity index (χ0) is 18.4. The summed E-state index contributed by atoms with van der Waals surface area (Å²) in [7, 11) is 1.54. The number of ether oxygens (including phenoxy) is 1. The van der Waals surface area contributed by atoms with Gasteiger partial charge in [0, 0.05) is 43.6 Å². The van der Waals surface area contributed by atoms with Crippen LogP contribution in [0.3, 0.4) is 0 Å². The lowest BCUT2D eigenvalue weighted by molar-refractivity contribution is -0.144. The van der Waals surface area contributed by atoms with Crippen molar-refractivity contribution < 1.29 is 14.3 Å². The molecule has 0 aliphatic carbocycles. The monoisotopic (exact) mass is 378 g/mol. The number of carbonyl (C=O) groups is 2. The minimum absolute atomic E-state index is 0.0326. The minimum atomic E-state index is 0.0326. The highest BCUT2D eigenvalue weighted by Crippen LogP contribution is 2.27. The fraction of sp³-hybridized carbons (Fsp3) is 0.700. The van der Waals surface area contributed by atoms with Crippen LogP contribution in [0.15, 0.2) is 17.5 Å². The van der Waals surface area contributed by atoms with Crippen molar-refractivity contribution in [3.8, 4) is 0 Å². The van der Waals surface area contributed by atoms with E-state index in [1.165, 1.54) is 11.3 Å². The highest BCUT2D eigenvalue weighted by Gasteiger charge is 2.34. The number of piperidine rings is 2. The lowest BCUT2D eigenvalue weighted by atomic mass is 9.91. The Kier molecular flexibility index (Phi) is 7.08. The summed E-state index contributed by atoms with van der Waals surface area (Å²) in [4.78, 5) is 30.5. The average Bonchev–Trinajstić information content (AvgIpc) is 3.20. The van der Waals surface area contributed by atoms with Gasteiger partial charge in [-0.05, 0) is 56.4 Å². The molecule has 2 aliphatic heterocycles. The number of carbonyl (C=O) groups excluding carboxylic acids is 2. The van der Waals surface area contributed by atoms with Crippen LogP contribution in [0.4, 0.5) is 0 Å². The Balaban J connectivity index is 1.52. The first-order chi connectivity index (χ1) is 12.7. The van der Waals surface area contributed by atoms with E-state index in [1.807, 2.05) is 4.90 Å². The van der Waals surface area contributed by atoms with Crippen molar-refractivity contribution in [2.24, 2.45) is 5.92 Å². The number of amides is 2. The normalized spacial score (nSPS) is 21.8. The SMILES string of the molecule is COCC(=O)N1CCC(C(=O)N2CCCC[C@H]2CCc2cccs2)CC1. The van der Waals surface area contributed by atoms with E-state index in [0.29, 0.717) is 25.0 Å². The molecule has 2 amide bonds. The molecular formula is C20H30N2O3S. The molecule has 2 saturated heterocycles. The highest BCUT2D eigenvalue weighted by molar-refractivity contribution is 7.09. The molecule has 2 aliphatic rings. The molecule has 2 fully saturated rings. The van der Waals surface area contributed by atoms with Crippen LogP contribution in [-0.4, -0.2) is 61.0 Å². The van der Waals surface area contributed by atoms with E-state index < -0.39 is 0 Å². The first kappa shape index (κ1) is 19.4. The van der Waals surface area contributed by atoms with E-state index >= 15 is 0 Å². The maximum absolute atomic E-state index is 13.1. The molecule has 0 bridgehead atoms. The zero-order valence-electron chi connectivity index (χ0n) is 15.7. The Morgan fingerprint density at radius 3 is 2.69 bits per heavy atom. The van der Waals surface area contributed by atoms with Crippen LogP contribution in [0.2, 0.25) is 0 Å². The second kappa shape index (κ2) is 9.51. The third-order valence-corrected chi connectivity index (χ3v) is 6.62. The lowest BCUT2D eigenvalue weighted by Gasteiger charge is -2.40. The Hall–Kier alpha value is -1.40. The third kappa shape index (κ3) is 4.86. The number of hydrogen-bond donors (Lipinski definition) is 0. The Morgan fingerprint density at radius 2 is 2.00 bits per heavy atom. The molecule has 26 heavy (non-hydrogen) atoms. The molecule has 1 aromatic heterocycles. The van der Waals surface area contributed by atoms with Gasteiger partial charge in [-0.3, -0.25) is 9.59 Å². The predicted molar refractivity (Wildman–Crippen MR) is 103 cm³/mol. The van der Waals surface area contributed by atoms with Crippen molar-refractivity contribution >= 4 is 23.2 Å². The average molecular weight is 379 g/mol. The second-order valence-corrected chi connectivity index (χ2v) is 8.42. The van der Waals surface area contributed by atoms with Gasteiger partial charge in [-0.1, -0.05) is 6.07 Å². The van der Waals surface area contributed by atoms with Crippen LogP contribution < -0.4 is 0 Å². The fourth-order valence-corrected chi connectivity index (χ4v) is 4.90. The van der Waals surface area contributed by atoms with Crippen molar-refractivity contribution in [3.05, 3.63) is 22.4 Å². The van der Waals surface area contributed by atoms with Crippen molar-refractivity contribution in [1.29, 1.82) is 0 Å². The second-order valence-electron chi connectivity index (χ2n) is 7.39. The number of rotatable bonds is 6. The van der Waals surface area contributed by atoms with Crippen LogP contribution in [0.5, 0.6) is 0 Å². The van der Waals surface area contributed by atoms with Crippen LogP contribution in [-0.2, 0) is 20.7 Å². The van der Waals surface area contributed by atoms with Gasteiger partial charge in [0.1, 0.15) is 6.61 Å². The third-order valence-electron chi connectivity index (χ3n) is 5.68. The van der Waals surface area contributed by atoms with Gasteiger partial charge in [0.2, 0.25) is 11.8 Å². The topological polar surface area (TPSA) is 49.9 Å². The van der Waals surface area contributed by atoms with Crippen molar-refractivity contribution in [3.63, 3.8) is 0 Å². The summed E-state index contributed by atoms with van der Waals surface area (Å²) >= 11 is 1.80. The molecule has 6 heteroatoms. The van der Waals surface area contributed by atoms with Crippen LogP contribution >= 0.6 is 11.3 Å². The first-order valence-electron chi connectivity index (χ1n) is 9.78. The van der Waals surface area contributed by atoms with E-state index in [2.05, 4.69) is 22.4 Å². The summed E-state index contributed by atoms with van der Waals surface area (Å²) in [5.41, 5.74) is 0. The number of likely N-dealkylation sites (tertiary alicyclic amines) is 2. The van der Waals surface area contributed by atoms with Gasteiger partial charge in [-0.25, -0.2) is 0 Å². The van der Waals surface area contributed by atoms with Crippen LogP contribution in [0.25, 0.3) is 0 Å². The molecular weight excluding hydrogens is 348 g/mol. The Labute approximate surface area is 160 Å². The number of methoxy groups -OCH3 is 1. The molecule has 0 radical (unpaired) electrons. The molecule has 0 spiro atoms. The minimum Gasteiger partial charge on any atom is -0.375 e. The van der Waals surface area contributed by atoms with E-state index in [4.69, 9.17) is 4.74 Å². The number of thiophene rings is 1. The first-order valence-corrected chi connectivity index (χ1v) is 10.7. The van der Waals surface area contributed by atoms with E-state index in [0.717, 1.165) is 45.1 Å². The highest BCUT2D eigenvalue weighted by atomic mass is 32.1. The lowest BCUT2D eigenvalue weighted by Crippen LogP contribution is -2.49. The maximum atomic E-state index is 13.1. The molecule has 0 aromatic carbocycles. The quantitative estimate of drug-likeness (QED) is 0.765. The van der Waals surface area contributed by atoms with Gasteiger partial charge in [-0.2, -0.15) is 0 Å². The summed E-state index contributed by atoms with van der Waals surface area (Å²) < 4.78 is 4.93. The van der Waals surface area contributed by atoms with Gasteiger partial charge >= 0.3 is 0 Å². The molecule has 3 rings (SSSR count). The molecule has 1 atom stereocenters.